The summed E-state index contributed by atoms with van der Waals surface area (Å²) in [5.41, 5.74) is 7.60. The molecular weight excluding hydrogens is 340 g/mol. The Morgan fingerprint density at radius 1 is 1.12 bits per heavy atom. The number of rotatable bonds is 4. The fourth-order valence-corrected chi connectivity index (χ4v) is 2.61. The second kappa shape index (κ2) is 7.85. The van der Waals surface area contributed by atoms with Crippen LogP contribution >= 0.6 is 11.6 Å². The summed E-state index contributed by atoms with van der Waals surface area (Å²) in [7, 11) is 0. The van der Waals surface area contributed by atoms with Crippen LogP contribution in [0.15, 0.2) is 48.5 Å². The number of hydrazine groups is 1. The van der Waals surface area contributed by atoms with Crippen LogP contribution in [-0.4, -0.2) is 18.4 Å². The van der Waals surface area contributed by atoms with E-state index < -0.39 is 5.91 Å². The second-order valence-corrected chi connectivity index (χ2v) is 6.08. The number of carbonyl (C=O) groups is 2. The number of amides is 2. The van der Waals surface area contributed by atoms with E-state index in [0.29, 0.717) is 11.6 Å². The van der Waals surface area contributed by atoms with Gasteiger partial charge < -0.3 is 4.74 Å². The molecule has 0 saturated heterocycles. The molecule has 3 rings (SSSR count). The summed E-state index contributed by atoms with van der Waals surface area (Å²) < 4.78 is 5.44. The third kappa shape index (κ3) is 4.84. The van der Waals surface area contributed by atoms with E-state index in [2.05, 4.69) is 10.9 Å². The topological polar surface area (TPSA) is 67.4 Å². The van der Waals surface area contributed by atoms with Gasteiger partial charge in [-0.15, -0.1) is 0 Å². The molecule has 2 aromatic carbocycles. The van der Waals surface area contributed by atoms with Crippen molar-refractivity contribution < 1.29 is 14.3 Å². The molecule has 2 amide bonds. The van der Waals surface area contributed by atoms with E-state index in [0.717, 1.165) is 28.9 Å². The van der Waals surface area contributed by atoms with Gasteiger partial charge in [-0.3, -0.25) is 20.4 Å². The van der Waals surface area contributed by atoms with Gasteiger partial charge in [0.15, 0.2) is 0 Å². The molecule has 0 fully saturated rings. The number of fused-ring (bicyclic) bond motifs is 1. The van der Waals surface area contributed by atoms with Crippen molar-refractivity contribution in [2.24, 2.45) is 0 Å². The highest BCUT2D eigenvalue weighted by Gasteiger charge is 2.11. The summed E-state index contributed by atoms with van der Waals surface area (Å²) in [5.74, 6) is 0.191. The first-order chi connectivity index (χ1) is 12.1. The van der Waals surface area contributed by atoms with Crippen molar-refractivity contribution in [2.75, 3.05) is 6.61 Å². The number of hydrogen-bond donors (Lipinski definition) is 2. The summed E-state index contributed by atoms with van der Waals surface area (Å²) in [6.45, 7) is 0.697. The van der Waals surface area contributed by atoms with E-state index >= 15 is 0 Å². The fourth-order valence-electron chi connectivity index (χ4n) is 2.49. The Labute approximate surface area is 150 Å². The Hall–Kier alpha value is -2.79. The van der Waals surface area contributed by atoms with Gasteiger partial charge >= 0.3 is 0 Å². The van der Waals surface area contributed by atoms with Crippen LogP contribution < -0.4 is 15.6 Å². The first-order valence-corrected chi connectivity index (χ1v) is 8.25. The van der Waals surface area contributed by atoms with Crippen molar-refractivity contribution in [3.05, 3.63) is 70.3 Å². The van der Waals surface area contributed by atoms with Gasteiger partial charge in [0.25, 0.3) is 5.91 Å². The lowest BCUT2D eigenvalue weighted by atomic mass is 10.1. The summed E-state index contributed by atoms with van der Waals surface area (Å²) >= 11 is 5.80. The second-order valence-electron chi connectivity index (χ2n) is 5.64. The fraction of sp³-hybridized carbons (Fsp3) is 0.158. The predicted molar refractivity (Wildman–Crippen MR) is 96.1 cm³/mol. The van der Waals surface area contributed by atoms with Gasteiger partial charge in [0.1, 0.15) is 5.75 Å². The third-order valence-corrected chi connectivity index (χ3v) is 4.00. The minimum Gasteiger partial charge on any atom is -0.493 e. The molecule has 1 heterocycles. The average molecular weight is 357 g/mol. The highest BCUT2D eigenvalue weighted by atomic mass is 35.5. The minimum absolute atomic E-state index is 0.159. The van der Waals surface area contributed by atoms with Crippen molar-refractivity contribution in [2.45, 2.75) is 12.8 Å². The van der Waals surface area contributed by atoms with Crippen molar-refractivity contribution in [1.82, 2.24) is 10.9 Å². The van der Waals surface area contributed by atoms with E-state index in [4.69, 9.17) is 16.3 Å². The Bertz CT molecular complexity index is 816. The molecule has 5 nitrogen and oxygen atoms in total. The number of carbonyl (C=O) groups excluding carboxylic acids is 2. The molecule has 0 spiro atoms. The van der Waals surface area contributed by atoms with Crippen LogP contribution in [-0.2, 0) is 22.4 Å². The van der Waals surface area contributed by atoms with Crippen molar-refractivity contribution in [1.29, 1.82) is 0 Å². The molecule has 0 unspecified atom stereocenters. The van der Waals surface area contributed by atoms with E-state index in [1.807, 2.05) is 18.2 Å². The number of hydrogen-bond acceptors (Lipinski definition) is 3. The molecule has 25 heavy (non-hydrogen) atoms. The zero-order valence-electron chi connectivity index (χ0n) is 13.4. The Morgan fingerprint density at radius 2 is 1.92 bits per heavy atom. The van der Waals surface area contributed by atoms with Crippen LogP contribution in [0.2, 0.25) is 5.02 Å². The molecule has 0 radical (unpaired) electrons. The first kappa shape index (κ1) is 17.0. The van der Waals surface area contributed by atoms with Crippen LogP contribution in [0.3, 0.4) is 0 Å². The van der Waals surface area contributed by atoms with Crippen LogP contribution in [0.4, 0.5) is 0 Å². The SMILES string of the molecule is O=C(/C=C/c1ccc2c(c1)CCO2)NNC(=O)Cc1ccc(Cl)cc1. The van der Waals surface area contributed by atoms with Gasteiger partial charge in [-0.2, -0.15) is 0 Å². The number of nitrogens with one attached hydrogen (secondary N) is 2. The van der Waals surface area contributed by atoms with E-state index in [1.165, 1.54) is 6.08 Å². The first-order valence-electron chi connectivity index (χ1n) is 7.87. The van der Waals surface area contributed by atoms with Crippen molar-refractivity contribution in [3.63, 3.8) is 0 Å². The molecule has 0 atom stereocenters. The normalized spacial score (nSPS) is 12.5. The van der Waals surface area contributed by atoms with Crippen LogP contribution in [0.25, 0.3) is 6.08 Å². The largest absolute Gasteiger partial charge is 0.493 e. The third-order valence-electron chi connectivity index (χ3n) is 3.74. The van der Waals surface area contributed by atoms with Gasteiger partial charge in [-0.1, -0.05) is 29.8 Å². The summed E-state index contributed by atoms with van der Waals surface area (Å²) in [6, 6.07) is 12.7. The summed E-state index contributed by atoms with van der Waals surface area (Å²) in [6.07, 6.45) is 4.11. The molecule has 0 aliphatic carbocycles. The quantitative estimate of drug-likeness (QED) is 0.653. The Morgan fingerprint density at radius 3 is 2.72 bits per heavy atom. The molecule has 128 valence electrons. The molecule has 1 aliphatic heterocycles. The Kier molecular flexibility index (Phi) is 5.36. The maximum atomic E-state index is 11.8. The lowest BCUT2D eigenvalue weighted by Crippen LogP contribution is -2.41. The van der Waals surface area contributed by atoms with E-state index in [-0.39, 0.29) is 12.3 Å². The monoisotopic (exact) mass is 356 g/mol. The van der Waals surface area contributed by atoms with Crippen LogP contribution in [0.5, 0.6) is 5.75 Å². The van der Waals surface area contributed by atoms with E-state index in [1.54, 1.807) is 30.3 Å². The standard InChI is InChI=1S/C19H17ClN2O3/c20-16-5-1-14(2-6-16)12-19(24)22-21-18(23)8-4-13-3-7-17-15(11-13)9-10-25-17/h1-8,11H,9-10,12H2,(H,21,23)(H,22,24)/b8-4+. The molecule has 2 N–H and O–H groups in total. The number of halogens is 1. The van der Waals surface area contributed by atoms with Crippen LogP contribution in [0, 0.1) is 0 Å². The van der Waals surface area contributed by atoms with Gasteiger partial charge in [-0.25, -0.2) is 0 Å². The average Bonchev–Trinajstić information content (AvgIpc) is 3.08. The highest BCUT2D eigenvalue weighted by Crippen LogP contribution is 2.26. The zero-order chi connectivity index (χ0) is 17.6. The molecule has 2 aromatic rings. The molecular formula is C19H17ClN2O3. The van der Waals surface area contributed by atoms with Gasteiger partial charge in [0.05, 0.1) is 13.0 Å². The molecule has 0 bridgehead atoms. The van der Waals surface area contributed by atoms with Crippen LogP contribution in [0.1, 0.15) is 16.7 Å². The van der Waals surface area contributed by atoms with Gasteiger partial charge in [0.2, 0.25) is 5.91 Å². The minimum atomic E-state index is -0.402. The lowest BCUT2D eigenvalue weighted by molar-refractivity contribution is -0.126. The smallest absolute Gasteiger partial charge is 0.262 e. The van der Waals surface area contributed by atoms with Crippen molar-refractivity contribution >= 4 is 29.5 Å². The number of ether oxygens (including phenoxy) is 1. The molecule has 1 aliphatic rings. The zero-order valence-corrected chi connectivity index (χ0v) is 14.2. The van der Waals surface area contributed by atoms with Gasteiger partial charge in [-0.05, 0) is 47.0 Å². The predicted octanol–water partition coefficient (Wildman–Crippen LogP) is 2.68. The molecule has 0 aromatic heterocycles. The lowest BCUT2D eigenvalue weighted by Gasteiger charge is -2.05. The molecule has 6 heteroatoms. The molecule has 0 saturated carbocycles. The maximum Gasteiger partial charge on any atom is 0.262 e. The highest BCUT2D eigenvalue weighted by molar-refractivity contribution is 6.30. The summed E-state index contributed by atoms with van der Waals surface area (Å²) in [4.78, 5) is 23.6. The van der Waals surface area contributed by atoms with Crippen molar-refractivity contribution in [3.8, 4) is 5.75 Å². The van der Waals surface area contributed by atoms with E-state index in [9.17, 15) is 9.59 Å². The number of benzene rings is 2. The van der Waals surface area contributed by atoms with Gasteiger partial charge in [0, 0.05) is 17.5 Å². The Balaban J connectivity index is 1.47. The summed E-state index contributed by atoms with van der Waals surface area (Å²) in [5, 5.41) is 0.612. The maximum absolute atomic E-state index is 11.8.